The van der Waals surface area contributed by atoms with E-state index in [0.29, 0.717) is 0 Å². The first kappa shape index (κ1) is 8.61. The molecule has 5 heteroatoms. The second kappa shape index (κ2) is 3.77. The van der Waals surface area contributed by atoms with Gasteiger partial charge in [0.05, 0.1) is 6.10 Å². The van der Waals surface area contributed by atoms with Crippen LogP contribution in [-0.4, -0.2) is 23.3 Å². The molecule has 1 fully saturated rings. The molecule has 0 aromatic heterocycles. The SMILES string of the molecule is C[C@H]1CS[C@H](C(=O)OI)O1. The number of halogens is 1. The lowest BCUT2D eigenvalue weighted by Gasteiger charge is -2.04. The van der Waals surface area contributed by atoms with Crippen molar-refractivity contribution in [2.45, 2.75) is 18.5 Å². The molecule has 0 saturated carbocycles. The topological polar surface area (TPSA) is 35.5 Å². The average molecular weight is 274 g/mol. The summed E-state index contributed by atoms with van der Waals surface area (Å²) in [6.07, 6.45) is 0.172. The Morgan fingerprint density at radius 2 is 2.60 bits per heavy atom. The molecule has 0 unspecified atom stereocenters. The van der Waals surface area contributed by atoms with E-state index in [9.17, 15) is 4.79 Å². The highest BCUT2D eigenvalue weighted by Gasteiger charge is 2.29. The van der Waals surface area contributed by atoms with Crippen molar-refractivity contribution >= 4 is 40.7 Å². The third-order valence-electron chi connectivity index (χ3n) is 1.11. The van der Waals surface area contributed by atoms with Crippen LogP contribution in [0.3, 0.4) is 0 Å². The Balaban J connectivity index is 2.37. The van der Waals surface area contributed by atoms with E-state index in [1.54, 1.807) is 23.0 Å². The fraction of sp³-hybridized carbons (Fsp3) is 0.800. The summed E-state index contributed by atoms with van der Waals surface area (Å²) in [4.78, 5) is 10.8. The first-order chi connectivity index (χ1) is 4.74. The summed E-state index contributed by atoms with van der Waals surface area (Å²) in [6, 6.07) is 0. The number of hydrogen-bond donors (Lipinski definition) is 0. The van der Waals surface area contributed by atoms with Crippen molar-refractivity contribution in [1.29, 1.82) is 0 Å². The molecule has 0 bridgehead atoms. The van der Waals surface area contributed by atoms with Crippen LogP contribution >= 0.6 is 34.8 Å². The van der Waals surface area contributed by atoms with Crippen molar-refractivity contribution in [3.63, 3.8) is 0 Å². The van der Waals surface area contributed by atoms with Crippen molar-refractivity contribution in [1.82, 2.24) is 0 Å². The highest BCUT2D eigenvalue weighted by Crippen LogP contribution is 2.26. The van der Waals surface area contributed by atoms with Crippen molar-refractivity contribution in [3.05, 3.63) is 0 Å². The molecule has 0 spiro atoms. The predicted molar refractivity (Wildman–Crippen MR) is 46.9 cm³/mol. The molecule has 1 aliphatic heterocycles. The van der Waals surface area contributed by atoms with Gasteiger partial charge in [0.25, 0.3) is 0 Å². The summed E-state index contributed by atoms with van der Waals surface area (Å²) in [5.74, 6) is 0.575. The molecular weight excluding hydrogens is 267 g/mol. The summed E-state index contributed by atoms with van der Waals surface area (Å²) in [5, 5.41) is 0. The van der Waals surface area contributed by atoms with Gasteiger partial charge < -0.3 is 7.80 Å². The Labute approximate surface area is 77.5 Å². The Morgan fingerprint density at radius 1 is 1.90 bits per heavy atom. The number of carbonyl (C=O) groups is 1. The molecular formula is C5H7IO3S. The third-order valence-corrected chi connectivity index (χ3v) is 2.81. The molecule has 2 atom stereocenters. The van der Waals surface area contributed by atoms with E-state index in [0.717, 1.165) is 5.75 Å². The highest BCUT2D eigenvalue weighted by molar-refractivity contribution is 14.1. The summed E-state index contributed by atoms with van der Waals surface area (Å²) in [7, 11) is 0. The molecule has 3 nitrogen and oxygen atoms in total. The summed E-state index contributed by atoms with van der Waals surface area (Å²) in [6.45, 7) is 1.94. The normalized spacial score (nSPS) is 32.2. The molecule has 0 N–H and O–H groups in total. The van der Waals surface area contributed by atoms with Crippen molar-refractivity contribution in [3.8, 4) is 0 Å². The second-order valence-electron chi connectivity index (χ2n) is 2.01. The second-order valence-corrected chi connectivity index (χ2v) is 3.54. The Hall–Kier alpha value is 0.510. The molecule has 0 aromatic carbocycles. The number of carbonyl (C=O) groups excluding carboxylic acids is 1. The van der Waals surface area contributed by atoms with E-state index < -0.39 is 5.44 Å². The minimum atomic E-state index is -0.396. The maximum absolute atomic E-state index is 10.8. The number of ether oxygens (including phenoxy) is 1. The standard InChI is InChI=1S/C5H7IO3S/c1-3-2-10-5(8-3)4(7)9-6/h3,5H,2H2,1H3/t3-,5+/m0/s1. The lowest BCUT2D eigenvalue weighted by molar-refractivity contribution is -0.139. The average Bonchev–Trinajstić information content (AvgIpc) is 2.34. The summed E-state index contributed by atoms with van der Waals surface area (Å²) < 4.78 is 9.67. The Kier molecular flexibility index (Phi) is 3.25. The molecule has 0 aliphatic carbocycles. The van der Waals surface area contributed by atoms with Crippen LogP contribution in [-0.2, 0) is 12.6 Å². The van der Waals surface area contributed by atoms with Gasteiger partial charge in [-0.2, -0.15) is 0 Å². The lowest BCUT2D eigenvalue weighted by Crippen LogP contribution is -2.17. The molecule has 1 saturated heterocycles. The summed E-state index contributed by atoms with van der Waals surface area (Å²) >= 11 is 3.05. The van der Waals surface area contributed by atoms with E-state index in [1.807, 2.05) is 6.92 Å². The number of rotatable bonds is 1. The maximum Gasteiger partial charge on any atom is 0.355 e. The molecule has 1 rings (SSSR count). The van der Waals surface area contributed by atoms with Crippen LogP contribution in [0.2, 0.25) is 0 Å². The fourth-order valence-electron chi connectivity index (χ4n) is 0.672. The monoisotopic (exact) mass is 274 g/mol. The highest BCUT2D eigenvalue weighted by atomic mass is 127. The minimum absolute atomic E-state index is 0.172. The van der Waals surface area contributed by atoms with Crippen LogP contribution in [0.25, 0.3) is 0 Å². The van der Waals surface area contributed by atoms with E-state index >= 15 is 0 Å². The van der Waals surface area contributed by atoms with Crippen molar-refractivity contribution in [2.75, 3.05) is 5.75 Å². The quantitative estimate of drug-likeness (QED) is 0.676. The molecule has 0 radical (unpaired) electrons. The van der Waals surface area contributed by atoms with Gasteiger partial charge in [-0.05, 0) is 6.92 Å². The molecule has 10 heavy (non-hydrogen) atoms. The van der Waals surface area contributed by atoms with Gasteiger partial charge in [0, 0.05) is 5.75 Å². The van der Waals surface area contributed by atoms with Gasteiger partial charge in [-0.1, -0.05) is 0 Å². The fourth-order valence-corrected chi connectivity index (χ4v) is 2.05. The zero-order valence-corrected chi connectivity index (χ0v) is 8.35. The Bertz CT molecular complexity index is 141. The number of hydrogen-bond acceptors (Lipinski definition) is 4. The van der Waals surface area contributed by atoms with Crippen LogP contribution in [0.4, 0.5) is 0 Å². The van der Waals surface area contributed by atoms with Crippen LogP contribution in [0.1, 0.15) is 6.92 Å². The largest absolute Gasteiger partial charge is 0.392 e. The predicted octanol–water partition coefficient (Wildman–Crippen LogP) is 1.36. The first-order valence-electron chi connectivity index (χ1n) is 2.83. The third kappa shape index (κ3) is 2.00. The van der Waals surface area contributed by atoms with E-state index in [1.165, 1.54) is 11.8 Å². The van der Waals surface area contributed by atoms with Gasteiger partial charge in [-0.3, -0.25) is 0 Å². The zero-order valence-electron chi connectivity index (χ0n) is 5.37. The smallest absolute Gasteiger partial charge is 0.355 e. The van der Waals surface area contributed by atoms with Gasteiger partial charge in [-0.15, -0.1) is 11.8 Å². The molecule has 1 heterocycles. The first-order valence-corrected chi connectivity index (χ1v) is 4.76. The van der Waals surface area contributed by atoms with Gasteiger partial charge in [0.2, 0.25) is 5.44 Å². The van der Waals surface area contributed by atoms with Crippen LogP contribution in [0.5, 0.6) is 0 Å². The molecule has 58 valence electrons. The zero-order chi connectivity index (χ0) is 7.56. The maximum atomic E-state index is 10.8. The minimum Gasteiger partial charge on any atom is -0.392 e. The van der Waals surface area contributed by atoms with Gasteiger partial charge >= 0.3 is 5.97 Å². The van der Waals surface area contributed by atoms with Gasteiger partial charge in [-0.25, -0.2) is 4.79 Å². The van der Waals surface area contributed by atoms with Crippen molar-refractivity contribution < 1.29 is 12.6 Å². The van der Waals surface area contributed by atoms with Crippen LogP contribution in [0, 0.1) is 0 Å². The van der Waals surface area contributed by atoms with E-state index in [2.05, 4.69) is 3.07 Å². The summed E-state index contributed by atoms with van der Waals surface area (Å²) in [5.41, 5.74) is -0.396. The van der Waals surface area contributed by atoms with Crippen LogP contribution < -0.4 is 0 Å². The van der Waals surface area contributed by atoms with Gasteiger partial charge in [0.1, 0.15) is 0 Å². The molecule has 0 aromatic rings. The molecule has 0 amide bonds. The number of thioether (sulfide) groups is 1. The van der Waals surface area contributed by atoms with Crippen LogP contribution in [0.15, 0.2) is 0 Å². The van der Waals surface area contributed by atoms with Crippen molar-refractivity contribution in [2.24, 2.45) is 0 Å². The van der Waals surface area contributed by atoms with Gasteiger partial charge in [0.15, 0.2) is 23.0 Å². The molecule has 1 aliphatic rings. The van der Waals surface area contributed by atoms with E-state index in [4.69, 9.17) is 4.74 Å². The Morgan fingerprint density at radius 3 is 3.00 bits per heavy atom. The lowest BCUT2D eigenvalue weighted by atomic mass is 10.5. The van der Waals surface area contributed by atoms with E-state index in [-0.39, 0.29) is 12.1 Å².